The van der Waals surface area contributed by atoms with Gasteiger partial charge in [-0.05, 0) is 38.0 Å². The lowest BCUT2D eigenvalue weighted by molar-refractivity contribution is 0.474. The Kier molecular flexibility index (Phi) is 2.92. The molecule has 1 aromatic carbocycles. The summed E-state index contributed by atoms with van der Waals surface area (Å²) in [4.78, 5) is 0. The van der Waals surface area contributed by atoms with Gasteiger partial charge in [0.05, 0.1) is 0 Å². The third-order valence-electron chi connectivity index (χ3n) is 1.61. The number of benzene rings is 1. The zero-order valence-electron chi connectivity index (χ0n) is 7.46. The third kappa shape index (κ3) is 2.79. The summed E-state index contributed by atoms with van der Waals surface area (Å²) in [6.45, 7) is 4.15. The zero-order valence-corrected chi connectivity index (χ0v) is 7.46. The highest BCUT2D eigenvalue weighted by Gasteiger charge is 1.90. The van der Waals surface area contributed by atoms with E-state index < -0.39 is 0 Å². The van der Waals surface area contributed by atoms with E-state index in [1.54, 1.807) is 6.07 Å². The molecule has 0 saturated heterocycles. The highest BCUT2D eigenvalue weighted by molar-refractivity contribution is 5.26. The summed E-state index contributed by atoms with van der Waals surface area (Å²) < 4.78 is 0. The van der Waals surface area contributed by atoms with E-state index in [2.05, 4.69) is 26.0 Å². The van der Waals surface area contributed by atoms with Crippen LogP contribution in [0.5, 0.6) is 5.75 Å². The molecule has 0 heterocycles. The van der Waals surface area contributed by atoms with Gasteiger partial charge in [-0.2, -0.15) is 0 Å². The van der Waals surface area contributed by atoms with Crippen LogP contribution < -0.4 is 0 Å². The lowest BCUT2D eigenvalue weighted by Gasteiger charge is -1.96. The molecule has 0 fully saturated rings. The van der Waals surface area contributed by atoms with Gasteiger partial charge >= 0.3 is 0 Å². The van der Waals surface area contributed by atoms with Gasteiger partial charge in [-0.15, -0.1) is 0 Å². The number of allylic oxidation sites excluding steroid dienone is 2. The van der Waals surface area contributed by atoms with Crippen molar-refractivity contribution in [2.24, 2.45) is 0 Å². The largest absolute Gasteiger partial charge is 0.507 e. The van der Waals surface area contributed by atoms with Crippen molar-refractivity contribution in [3.05, 3.63) is 41.5 Å². The van der Waals surface area contributed by atoms with Crippen molar-refractivity contribution in [1.29, 1.82) is 0 Å². The topological polar surface area (TPSA) is 20.2 Å². The summed E-state index contributed by atoms with van der Waals surface area (Å²) in [6.07, 6.45) is 3.07. The molecule has 0 atom stereocenters. The van der Waals surface area contributed by atoms with Crippen molar-refractivity contribution in [2.45, 2.75) is 20.3 Å². The first kappa shape index (κ1) is 8.85. The monoisotopic (exact) mass is 161 g/mol. The number of phenols is 1. The van der Waals surface area contributed by atoms with Gasteiger partial charge in [-0.25, -0.2) is 0 Å². The molecule has 0 aliphatic rings. The predicted octanol–water partition coefficient (Wildman–Crippen LogP) is 2.70. The molecular formula is C11H13O. The van der Waals surface area contributed by atoms with Gasteiger partial charge in [0, 0.05) is 6.07 Å². The van der Waals surface area contributed by atoms with Gasteiger partial charge in [-0.3, -0.25) is 0 Å². The lowest BCUT2D eigenvalue weighted by Crippen LogP contribution is -1.80. The summed E-state index contributed by atoms with van der Waals surface area (Å²) in [5.74, 6) is 0.205. The maximum absolute atomic E-state index is 8.96. The second-order valence-electron chi connectivity index (χ2n) is 3.07. The molecule has 1 nitrogen and oxygen atoms in total. The molecule has 1 aromatic rings. The number of aromatic hydroxyl groups is 1. The van der Waals surface area contributed by atoms with Crippen LogP contribution >= 0.6 is 0 Å². The first-order valence-corrected chi connectivity index (χ1v) is 4.01. The SMILES string of the molecule is CC(C)=CCc1c[c]c(O)cc1. The molecule has 0 aliphatic carbocycles. The van der Waals surface area contributed by atoms with Crippen LogP contribution in [0.2, 0.25) is 0 Å². The van der Waals surface area contributed by atoms with E-state index in [1.807, 2.05) is 12.1 Å². The first-order chi connectivity index (χ1) is 5.68. The standard InChI is InChI=1S/C11H13O/c1-9(2)3-4-10-5-7-11(12)8-6-10/h3,5-7,12H,4H2,1-2H3. The lowest BCUT2D eigenvalue weighted by atomic mass is 10.1. The quantitative estimate of drug-likeness (QED) is 0.661. The van der Waals surface area contributed by atoms with E-state index in [9.17, 15) is 0 Å². The molecule has 0 aliphatic heterocycles. The highest BCUT2D eigenvalue weighted by atomic mass is 16.3. The summed E-state index contributed by atoms with van der Waals surface area (Å²) in [5, 5.41) is 8.96. The molecule has 0 unspecified atom stereocenters. The summed E-state index contributed by atoms with van der Waals surface area (Å²) >= 11 is 0. The van der Waals surface area contributed by atoms with Crippen molar-refractivity contribution in [3.63, 3.8) is 0 Å². The Hall–Kier alpha value is -1.24. The molecule has 1 radical (unpaired) electrons. The first-order valence-electron chi connectivity index (χ1n) is 4.01. The number of hydrogen-bond acceptors (Lipinski definition) is 1. The fourth-order valence-electron chi connectivity index (χ4n) is 0.898. The maximum atomic E-state index is 8.96. The Labute approximate surface area is 73.4 Å². The van der Waals surface area contributed by atoms with Gasteiger partial charge < -0.3 is 5.11 Å². The third-order valence-corrected chi connectivity index (χ3v) is 1.61. The van der Waals surface area contributed by atoms with Crippen LogP contribution in [-0.4, -0.2) is 5.11 Å². The van der Waals surface area contributed by atoms with Crippen molar-refractivity contribution < 1.29 is 5.11 Å². The molecule has 0 saturated carbocycles. The zero-order chi connectivity index (χ0) is 8.97. The highest BCUT2D eigenvalue weighted by Crippen LogP contribution is 2.09. The van der Waals surface area contributed by atoms with Crippen LogP contribution in [-0.2, 0) is 6.42 Å². The minimum atomic E-state index is 0.205. The van der Waals surface area contributed by atoms with E-state index in [4.69, 9.17) is 5.11 Å². The predicted molar refractivity (Wildman–Crippen MR) is 50.1 cm³/mol. The fraction of sp³-hybridized carbons (Fsp3) is 0.273. The minimum Gasteiger partial charge on any atom is -0.507 e. The molecule has 0 bridgehead atoms. The van der Waals surface area contributed by atoms with Gasteiger partial charge in [0.25, 0.3) is 0 Å². The normalized spacial score (nSPS) is 9.50. The van der Waals surface area contributed by atoms with Crippen molar-refractivity contribution in [2.75, 3.05) is 0 Å². The molecule has 12 heavy (non-hydrogen) atoms. The Morgan fingerprint density at radius 3 is 2.75 bits per heavy atom. The van der Waals surface area contributed by atoms with E-state index in [-0.39, 0.29) is 5.75 Å². The summed E-state index contributed by atoms with van der Waals surface area (Å²) in [7, 11) is 0. The van der Waals surface area contributed by atoms with Crippen LogP contribution in [0.25, 0.3) is 0 Å². The van der Waals surface area contributed by atoms with Crippen LogP contribution in [0.3, 0.4) is 0 Å². The molecular weight excluding hydrogens is 148 g/mol. The van der Waals surface area contributed by atoms with E-state index in [1.165, 1.54) is 11.1 Å². The van der Waals surface area contributed by atoms with Gasteiger partial charge in [0.1, 0.15) is 5.75 Å². The average Bonchev–Trinajstić information content (AvgIpc) is 2.03. The molecule has 0 aromatic heterocycles. The van der Waals surface area contributed by atoms with Crippen LogP contribution in [0.4, 0.5) is 0 Å². The smallest absolute Gasteiger partial charge is 0.123 e. The fourth-order valence-corrected chi connectivity index (χ4v) is 0.898. The molecule has 63 valence electrons. The molecule has 1 heteroatoms. The van der Waals surface area contributed by atoms with E-state index in [0.717, 1.165) is 6.42 Å². The second kappa shape index (κ2) is 3.96. The van der Waals surface area contributed by atoms with Crippen molar-refractivity contribution in [1.82, 2.24) is 0 Å². The van der Waals surface area contributed by atoms with Crippen molar-refractivity contribution in [3.8, 4) is 5.75 Å². The molecule has 0 amide bonds. The van der Waals surface area contributed by atoms with E-state index in [0.29, 0.717) is 0 Å². The van der Waals surface area contributed by atoms with Gasteiger partial charge in [0.15, 0.2) is 0 Å². The molecule has 1 rings (SSSR count). The summed E-state index contributed by atoms with van der Waals surface area (Å²) in [6, 6.07) is 8.13. The minimum absolute atomic E-state index is 0.205. The number of hydrogen-bond donors (Lipinski definition) is 1. The van der Waals surface area contributed by atoms with Crippen molar-refractivity contribution >= 4 is 0 Å². The van der Waals surface area contributed by atoms with Crippen LogP contribution in [0.1, 0.15) is 19.4 Å². The average molecular weight is 161 g/mol. The number of phenolic OH excluding ortho intramolecular Hbond substituents is 1. The van der Waals surface area contributed by atoms with Gasteiger partial charge in [-0.1, -0.05) is 17.7 Å². The Morgan fingerprint density at radius 2 is 2.25 bits per heavy atom. The number of rotatable bonds is 2. The summed E-state index contributed by atoms with van der Waals surface area (Å²) in [5.41, 5.74) is 2.48. The Morgan fingerprint density at radius 1 is 1.50 bits per heavy atom. The van der Waals surface area contributed by atoms with E-state index >= 15 is 0 Å². The Bertz CT molecular complexity index is 266. The molecule has 0 spiro atoms. The second-order valence-corrected chi connectivity index (χ2v) is 3.07. The van der Waals surface area contributed by atoms with Crippen LogP contribution in [0.15, 0.2) is 29.8 Å². The van der Waals surface area contributed by atoms with Gasteiger partial charge in [0.2, 0.25) is 0 Å². The van der Waals surface area contributed by atoms with Crippen LogP contribution in [0, 0.1) is 6.07 Å². The maximum Gasteiger partial charge on any atom is 0.123 e. The molecule has 1 N–H and O–H groups in total. The Balaban J connectivity index is 2.65.